The van der Waals surface area contributed by atoms with Crippen molar-refractivity contribution in [3.63, 3.8) is 0 Å². The van der Waals surface area contributed by atoms with E-state index in [-0.39, 0.29) is 11.8 Å². The Morgan fingerprint density at radius 3 is 2.33 bits per heavy atom. The molecule has 0 bridgehead atoms. The molecule has 0 rings (SSSR count). The molecule has 0 saturated heterocycles. The number of methoxy groups -OCH3 is 1. The summed E-state index contributed by atoms with van der Waals surface area (Å²) in [5.74, 6) is -1.21. The van der Waals surface area contributed by atoms with Crippen molar-refractivity contribution < 1.29 is 19.4 Å². The van der Waals surface area contributed by atoms with E-state index in [0.29, 0.717) is 13.2 Å². The monoisotopic (exact) mass is 260 g/mol. The average Bonchev–Trinajstić information content (AvgIpc) is 2.30. The molecule has 0 aliphatic rings. The number of nitrogens with one attached hydrogen (secondary N) is 2. The first kappa shape index (κ1) is 16.9. The number of aliphatic carboxylic acids is 1. The van der Waals surface area contributed by atoms with Crippen LogP contribution in [-0.4, -0.2) is 49.3 Å². The second-order valence-corrected chi connectivity index (χ2v) is 4.59. The SMILES string of the molecule is COCCCNC(=O)C(C)NC(C(=O)O)C(C)C. The Hall–Kier alpha value is -1.14. The maximum atomic E-state index is 11.7. The van der Waals surface area contributed by atoms with Gasteiger partial charge in [-0.05, 0) is 19.3 Å². The van der Waals surface area contributed by atoms with Crippen LogP contribution in [0.3, 0.4) is 0 Å². The summed E-state index contributed by atoms with van der Waals surface area (Å²) in [5.41, 5.74) is 0. The van der Waals surface area contributed by atoms with Gasteiger partial charge in [-0.25, -0.2) is 0 Å². The van der Waals surface area contributed by atoms with Crippen molar-refractivity contribution >= 4 is 11.9 Å². The number of amides is 1. The van der Waals surface area contributed by atoms with E-state index in [9.17, 15) is 9.59 Å². The second-order valence-electron chi connectivity index (χ2n) is 4.59. The van der Waals surface area contributed by atoms with E-state index in [1.54, 1.807) is 27.9 Å². The summed E-state index contributed by atoms with van der Waals surface area (Å²) in [4.78, 5) is 22.7. The van der Waals surface area contributed by atoms with Gasteiger partial charge in [0.05, 0.1) is 6.04 Å². The first-order valence-electron chi connectivity index (χ1n) is 6.15. The molecular weight excluding hydrogens is 236 g/mol. The van der Waals surface area contributed by atoms with E-state index in [1.807, 2.05) is 0 Å². The number of carboxylic acid groups (broad SMARTS) is 1. The molecule has 0 aliphatic carbocycles. The normalized spacial score (nSPS) is 14.3. The fourth-order valence-electron chi connectivity index (χ4n) is 1.48. The summed E-state index contributed by atoms with van der Waals surface area (Å²) >= 11 is 0. The number of carbonyl (C=O) groups excluding carboxylic acids is 1. The van der Waals surface area contributed by atoms with Crippen LogP contribution in [-0.2, 0) is 14.3 Å². The van der Waals surface area contributed by atoms with Crippen molar-refractivity contribution in [3.8, 4) is 0 Å². The Balaban J connectivity index is 4.09. The fourth-order valence-corrected chi connectivity index (χ4v) is 1.48. The minimum atomic E-state index is -0.941. The highest BCUT2D eigenvalue weighted by Gasteiger charge is 2.25. The molecule has 106 valence electrons. The van der Waals surface area contributed by atoms with Crippen molar-refractivity contribution in [2.75, 3.05) is 20.3 Å². The zero-order valence-electron chi connectivity index (χ0n) is 11.5. The fraction of sp³-hybridized carbons (Fsp3) is 0.833. The minimum absolute atomic E-state index is 0.0776. The Labute approximate surface area is 108 Å². The molecule has 2 atom stereocenters. The number of hydrogen-bond donors (Lipinski definition) is 3. The van der Waals surface area contributed by atoms with Gasteiger partial charge in [0.1, 0.15) is 6.04 Å². The third-order valence-electron chi connectivity index (χ3n) is 2.58. The molecule has 0 spiro atoms. The quantitative estimate of drug-likeness (QED) is 0.516. The van der Waals surface area contributed by atoms with Gasteiger partial charge < -0.3 is 15.2 Å². The smallest absolute Gasteiger partial charge is 0.320 e. The van der Waals surface area contributed by atoms with Gasteiger partial charge in [0.25, 0.3) is 0 Å². The van der Waals surface area contributed by atoms with Gasteiger partial charge in [0, 0.05) is 20.3 Å². The molecule has 2 unspecified atom stereocenters. The third kappa shape index (κ3) is 6.56. The highest BCUT2D eigenvalue weighted by atomic mass is 16.5. The average molecular weight is 260 g/mol. The summed E-state index contributed by atoms with van der Waals surface area (Å²) < 4.78 is 4.87. The van der Waals surface area contributed by atoms with Gasteiger partial charge in [0.15, 0.2) is 0 Å². The summed E-state index contributed by atoms with van der Waals surface area (Å²) in [6.45, 7) is 6.37. The number of rotatable bonds is 9. The minimum Gasteiger partial charge on any atom is -0.480 e. The largest absolute Gasteiger partial charge is 0.480 e. The molecule has 0 fully saturated rings. The van der Waals surface area contributed by atoms with Crippen LogP contribution in [0.15, 0.2) is 0 Å². The van der Waals surface area contributed by atoms with Gasteiger partial charge in [0.2, 0.25) is 5.91 Å². The van der Waals surface area contributed by atoms with Gasteiger partial charge in [-0.3, -0.25) is 14.9 Å². The lowest BCUT2D eigenvalue weighted by Crippen LogP contribution is -2.51. The molecule has 18 heavy (non-hydrogen) atoms. The van der Waals surface area contributed by atoms with Crippen LogP contribution >= 0.6 is 0 Å². The van der Waals surface area contributed by atoms with Crippen LogP contribution < -0.4 is 10.6 Å². The highest BCUT2D eigenvalue weighted by Crippen LogP contribution is 2.03. The molecule has 0 heterocycles. The van der Waals surface area contributed by atoms with Crippen LogP contribution in [0, 0.1) is 5.92 Å². The van der Waals surface area contributed by atoms with Crippen LogP contribution in [0.4, 0.5) is 0 Å². The Kier molecular flexibility index (Phi) is 8.32. The molecule has 0 radical (unpaired) electrons. The molecule has 0 aromatic heterocycles. The Morgan fingerprint density at radius 1 is 1.28 bits per heavy atom. The topological polar surface area (TPSA) is 87.7 Å². The van der Waals surface area contributed by atoms with E-state index in [1.165, 1.54) is 0 Å². The molecule has 3 N–H and O–H groups in total. The zero-order chi connectivity index (χ0) is 14.1. The first-order valence-corrected chi connectivity index (χ1v) is 6.15. The molecule has 0 aromatic rings. The summed E-state index contributed by atoms with van der Waals surface area (Å²) in [6.07, 6.45) is 0.738. The van der Waals surface area contributed by atoms with Crippen LogP contribution in [0.2, 0.25) is 0 Å². The number of carbonyl (C=O) groups is 2. The Bertz CT molecular complexity index is 269. The lowest BCUT2D eigenvalue weighted by Gasteiger charge is -2.22. The lowest BCUT2D eigenvalue weighted by atomic mass is 10.0. The summed E-state index contributed by atoms with van der Waals surface area (Å²) in [5, 5.41) is 14.5. The maximum Gasteiger partial charge on any atom is 0.320 e. The van der Waals surface area contributed by atoms with Crippen molar-refractivity contribution in [1.82, 2.24) is 10.6 Å². The lowest BCUT2D eigenvalue weighted by molar-refractivity contribution is -0.141. The van der Waals surface area contributed by atoms with Crippen LogP contribution in [0.25, 0.3) is 0 Å². The van der Waals surface area contributed by atoms with Gasteiger partial charge >= 0.3 is 5.97 Å². The maximum absolute atomic E-state index is 11.7. The van der Waals surface area contributed by atoms with E-state index in [2.05, 4.69) is 10.6 Å². The van der Waals surface area contributed by atoms with E-state index in [4.69, 9.17) is 9.84 Å². The number of ether oxygens (including phenoxy) is 1. The first-order chi connectivity index (χ1) is 8.40. The number of carboxylic acids is 1. The molecule has 6 heteroatoms. The van der Waals surface area contributed by atoms with Crippen molar-refractivity contribution in [2.45, 2.75) is 39.3 Å². The predicted molar refractivity (Wildman–Crippen MR) is 68.4 cm³/mol. The van der Waals surface area contributed by atoms with Crippen LogP contribution in [0.5, 0.6) is 0 Å². The molecular formula is C12H24N2O4. The van der Waals surface area contributed by atoms with E-state index >= 15 is 0 Å². The van der Waals surface area contributed by atoms with E-state index in [0.717, 1.165) is 6.42 Å². The Morgan fingerprint density at radius 2 is 1.89 bits per heavy atom. The molecule has 0 saturated carbocycles. The van der Waals surface area contributed by atoms with Crippen molar-refractivity contribution in [3.05, 3.63) is 0 Å². The van der Waals surface area contributed by atoms with Crippen molar-refractivity contribution in [2.24, 2.45) is 5.92 Å². The second kappa shape index (κ2) is 8.88. The number of hydrogen-bond acceptors (Lipinski definition) is 4. The third-order valence-corrected chi connectivity index (χ3v) is 2.58. The molecule has 6 nitrogen and oxygen atoms in total. The van der Waals surface area contributed by atoms with Gasteiger partial charge in [-0.2, -0.15) is 0 Å². The predicted octanol–water partition coefficient (Wildman–Crippen LogP) is 0.226. The zero-order valence-corrected chi connectivity index (χ0v) is 11.5. The molecule has 0 aliphatic heterocycles. The molecule has 0 aromatic carbocycles. The van der Waals surface area contributed by atoms with Crippen molar-refractivity contribution in [1.29, 1.82) is 0 Å². The summed E-state index contributed by atoms with van der Waals surface area (Å²) in [7, 11) is 1.60. The van der Waals surface area contributed by atoms with E-state index < -0.39 is 18.1 Å². The van der Waals surface area contributed by atoms with Crippen LogP contribution in [0.1, 0.15) is 27.2 Å². The molecule has 1 amide bonds. The van der Waals surface area contributed by atoms with Gasteiger partial charge in [-0.15, -0.1) is 0 Å². The standard InChI is InChI=1S/C12H24N2O4/c1-8(2)10(12(16)17)14-9(3)11(15)13-6-5-7-18-4/h8-10,14H,5-7H2,1-4H3,(H,13,15)(H,16,17). The summed E-state index contributed by atoms with van der Waals surface area (Å²) in [6, 6.07) is -1.25. The van der Waals surface area contributed by atoms with Gasteiger partial charge in [-0.1, -0.05) is 13.8 Å². The highest BCUT2D eigenvalue weighted by molar-refractivity contribution is 5.82.